The lowest BCUT2D eigenvalue weighted by Crippen LogP contribution is -2.54. The van der Waals surface area contributed by atoms with Gasteiger partial charge in [0.25, 0.3) is 11.8 Å². The van der Waals surface area contributed by atoms with Gasteiger partial charge in [0.05, 0.1) is 5.69 Å². The lowest BCUT2D eigenvalue weighted by molar-refractivity contribution is -0.122. The minimum absolute atomic E-state index is 0.0320. The molecule has 1 N–H and O–H groups in total. The first-order valence-corrected chi connectivity index (χ1v) is 10.8. The minimum atomic E-state index is -0.826. The number of rotatable bonds is 5. The van der Waals surface area contributed by atoms with Crippen LogP contribution in [0.4, 0.5) is 14.9 Å². The zero-order valence-corrected chi connectivity index (χ0v) is 19.1. The number of nitrogens with zero attached hydrogens (tertiary/aromatic N) is 1. The van der Waals surface area contributed by atoms with Crippen molar-refractivity contribution in [1.82, 2.24) is 5.32 Å². The lowest BCUT2D eigenvalue weighted by Gasteiger charge is -2.26. The van der Waals surface area contributed by atoms with Gasteiger partial charge in [0.15, 0.2) is 0 Å². The fourth-order valence-electron chi connectivity index (χ4n) is 3.32. The molecule has 4 amide bonds. The Labute approximate surface area is 197 Å². The molecule has 4 rings (SSSR count). The number of barbiturate groups is 1. The molecule has 3 aromatic carbocycles. The molecular weight excluding hydrogens is 491 g/mol. The normalized spacial score (nSPS) is 15.1. The van der Waals surface area contributed by atoms with Crippen molar-refractivity contribution in [3.8, 4) is 5.75 Å². The van der Waals surface area contributed by atoms with E-state index in [0.29, 0.717) is 22.6 Å². The maximum Gasteiger partial charge on any atom is 0.335 e. The largest absolute Gasteiger partial charge is 0.488 e. The number of amides is 4. The molecule has 33 heavy (non-hydrogen) atoms. The smallest absolute Gasteiger partial charge is 0.335 e. The molecule has 0 radical (unpaired) electrons. The van der Waals surface area contributed by atoms with E-state index in [0.717, 1.165) is 14.9 Å². The molecule has 0 aliphatic carbocycles. The SMILES string of the molecule is Cc1cc(N2C(=O)NC(=O)/C(=C\c3ccccc3OCc3ccccc3F)C2=O)ccc1Br. The van der Waals surface area contributed by atoms with Crippen molar-refractivity contribution in [2.24, 2.45) is 0 Å². The van der Waals surface area contributed by atoms with Crippen LogP contribution < -0.4 is 15.0 Å². The molecule has 0 spiro atoms. The number of hydrogen-bond acceptors (Lipinski definition) is 4. The van der Waals surface area contributed by atoms with E-state index >= 15 is 0 Å². The Morgan fingerprint density at radius 1 is 1.03 bits per heavy atom. The number of carbonyl (C=O) groups is 3. The van der Waals surface area contributed by atoms with Gasteiger partial charge in [-0.25, -0.2) is 14.1 Å². The third-order valence-corrected chi connectivity index (χ3v) is 5.95. The number of para-hydroxylation sites is 1. The molecule has 8 heteroatoms. The summed E-state index contributed by atoms with van der Waals surface area (Å²) in [5.41, 5.74) is 1.74. The molecule has 0 aromatic heterocycles. The van der Waals surface area contributed by atoms with Gasteiger partial charge in [-0.05, 0) is 48.9 Å². The van der Waals surface area contributed by atoms with Crippen molar-refractivity contribution >= 4 is 45.5 Å². The van der Waals surface area contributed by atoms with Crippen molar-refractivity contribution in [2.75, 3.05) is 4.90 Å². The third kappa shape index (κ3) is 4.70. The highest BCUT2D eigenvalue weighted by molar-refractivity contribution is 9.10. The van der Waals surface area contributed by atoms with E-state index in [2.05, 4.69) is 21.2 Å². The van der Waals surface area contributed by atoms with Gasteiger partial charge in [0, 0.05) is 15.6 Å². The fraction of sp³-hybridized carbons (Fsp3) is 0.0800. The number of imide groups is 2. The predicted molar refractivity (Wildman–Crippen MR) is 125 cm³/mol. The molecule has 6 nitrogen and oxygen atoms in total. The maximum atomic E-state index is 13.9. The first-order valence-electron chi connectivity index (χ1n) is 9.98. The fourth-order valence-corrected chi connectivity index (χ4v) is 3.56. The van der Waals surface area contributed by atoms with Crippen molar-refractivity contribution in [3.63, 3.8) is 0 Å². The molecule has 1 aliphatic rings. The van der Waals surface area contributed by atoms with E-state index in [1.165, 1.54) is 12.1 Å². The molecule has 3 aromatic rings. The number of nitrogens with one attached hydrogen (secondary N) is 1. The predicted octanol–water partition coefficient (Wildman–Crippen LogP) is 5.14. The van der Waals surface area contributed by atoms with Crippen LogP contribution in [0.2, 0.25) is 0 Å². The van der Waals surface area contributed by atoms with Gasteiger partial charge in [-0.2, -0.15) is 0 Å². The summed E-state index contributed by atoms with van der Waals surface area (Å²) in [5, 5.41) is 2.20. The summed E-state index contributed by atoms with van der Waals surface area (Å²) in [6.45, 7) is 1.79. The summed E-state index contributed by atoms with van der Waals surface area (Å²) >= 11 is 3.39. The van der Waals surface area contributed by atoms with Crippen LogP contribution >= 0.6 is 15.9 Å². The van der Waals surface area contributed by atoms with Crippen LogP contribution in [-0.2, 0) is 16.2 Å². The van der Waals surface area contributed by atoms with Crippen LogP contribution in [0.3, 0.4) is 0 Å². The molecule has 0 bridgehead atoms. The standard InChI is InChI=1S/C25H18BrFN2O4/c1-15-12-18(10-11-20(15)26)29-24(31)19(23(30)28-25(29)32)13-16-6-3-5-9-22(16)33-14-17-7-2-4-8-21(17)27/h2-13H,14H2,1H3,(H,28,30,32)/b19-13+. The van der Waals surface area contributed by atoms with Crippen LogP contribution in [-0.4, -0.2) is 17.8 Å². The van der Waals surface area contributed by atoms with Gasteiger partial charge in [-0.3, -0.25) is 14.9 Å². The Balaban J connectivity index is 1.66. The summed E-state index contributed by atoms with van der Waals surface area (Å²) in [5.74, 6) is -1.60. The van der Waals surface area contributed by atoms with Crippen molar-refractivity contribution < 1.29 is 23.5 Å². The van der Waals surface area contributed by atoms with Crippen LogP contribution in [0.5, 0.6) is 5.75 Å². The summed E-state index contributed by atoms with van der Waals surface area (Å²) in [7, 11) is 0. The second-order valence-electron chi connectivity index (χ2n) is 7.31. The molecule has 1 aliphatic heterocycles. The molecule has 1 saturated heterocycles. The van der Waals surface area contributed by atoms with E-state index < -0.39 is 23.7 Å². The highest BCUT2D eigenvalue weighted by atomic mass is 79.9. The Kier molecular flexibility index (Phi) is 6.37. The van der Waals surface area contributed by atoms with E-state index in [1.807, 2.05) is 6.92 Å². The third-order valence-electron chi connectivity index (χ3n) is 5.06. The topological polar surface area (TPSA) is 75.7 Å². The first-order chi connectivity index (χ1) is 15.8. The summed E-state index contributed by atoms with van der Waals surface area (Å²) in [6, 6.07) is 17.2. The number of ether oxygens (including phenoxy) is 1. The number of aryl methyl sites for hydroxylation is 1. The van der Waals surface area contributed by atoms with Gasteiger partial charge in [-0.15, -0.1) is 0 Å². The zero-order chi connectivity index (χ0) is 23.5. The zero-order valence-electron chi connectivity index (χ0n) is 17.5. The highest BCUT2D eigenvalue weighted by Gasteiger charge is 2.37. The van der Waals surface area contributed by atoms with Crippen LogP contribution in [0, 0.1) is 12.7 Å². The van der Waals surface area contributed by atoms with Crippen LogP contribution in [0.15, 0.2) is 76.8 Å². The molecule has 0 unspecified atom stereocenters. The molecule has 1 heterocycles. The van der Waals surface area contributed by atoms with Crippen LogP contribution in [0.25, 0.3) is 6.08 Å². The molecule has 0 saturated carbocycles. The second kappa shape index (κ2) is 9.38. The van der Waals surface area contributed by atoms with Gasteiger partial charge in [-0.1, -0.05) is 52.3 Å². The lowest BCUT2D eigenvalue weighted by atomic mass is 10.1. The number of anilines is 1. The van der Waals surface area contributed by atoms with Crippen molar-refractivity contribution in [2.45, 2.75) is 13.5 Å². The molecule has 1 fully saturated rings. The number of halogens is 2. The highest BCUT2D eigenvalue weighted by Crippen LogP contribution is 2.28. The number of urea groups is 1. The molecule has 166 valence electrons. The van der Waals surface area contributed by atoms with Crippen molar-refractivity contribution in [1.29, 1.82) is 0 Å². The Morgan fingerprint density at radius 3 is 2.52 bits per heavy atom. The van der Waals surface area contributed by atoms with Crippen LogP contribution in [0.1, 0.15) is 16.7 Å². The quantitative estimate of drug-likeness (QED) is 0.382. The van der Waals surface area contributed by atoms with E-state index in [4.69, 9.17) is 4.74 Å². The van der Waals surface area contributed by atoms with Gasteiger partial charge < -0.3 is 4.74 Å². The van der Waals surface area contributed by atoms with E-state index in [9.17, 15) is 18.8 Å². The van der Waals surface area contributed by atoms with E-state index in [1.54, 1.807) is 60.7 Å². The maximum absolute atomic E-state index is 13.9. The monoisotopic (exact) mass is 508 g/mol. The second-order valence-corrected chi connectivity index (χ2v) is 8.16. The first kappa shape index (κ1) is 22.4. The summed E-state index contributed by atoms with van der Waals surface area (Å²) in [4.78, 5) is 39.0. The van der Waals surface area contributed by atoms with E-state index in [-0.39, 0.29) is 12.2 Å². The number of hydrogen-bond donors (Lipinski definition) is 1. The Morgan fingerprint density at radius 2 is 1.76 bits per heavy atom. The summed E-state index contributed by atoms with van der Waals surface area (Å²) in [6.07, 6.45) is 1.36. The van der Waals surface area contributed by atoms with Gasteiger partial charge >= 0.3 is 6.03 Å². The number of benzene rings is 3. The average Bonchev–Trinajstić information content (AvgIpc) is 2.79. The Bertz CT molecular complexity index is 1310. The minimum Gasteiger partial charge on any atom is -0.488 e. The number of carbonyl (C=O) groups excluding carboxylic acids is 3. The average molecular weight is 509 g/mol. The van der Waals surface area contributed by atoms with Gasteiger partial charge in [0.1, 0.15) is 23.7 Å². The molecular formula is C25H18BrFN2O4. The molecule has 0 atom stereocenters. The van der Waals surface area contributed by atoms with Gasteiger partial charge in [0.2, 0.25) is 0 Å². The summed E-state index contributed by atoms with van der Waals surface area (Å²) < 4.78 is 20.5. The Hall–Kier alpha value is -3.78. The van der Waals surface area contributed by atoms with Crippen molar-refractivity contribution in [3.05, 3.63) is 99.3 Å².